The number of halogens is 1. The standard InChI is InChI=1S/C17H18FN3O2/c1-11(16(22)21-15-9-4-3-8-14(15)18)20-13-7-5-6-12(10-13)17(23)19-2/h3-11,20H,1-2H3,(H,19,23)(H,21,22). The molecule has 2 amide bonds. The van der Waals surface area contributed by atoms with E-state index < -0.39 is 11.9 Å². The molecule has 0 radical (unpaired) electrons. The lowest BCUT2D eigenvalue weighted by atomic mass is 10.1. The Morgan fingerprint density at radius 2 is 1.83 bits per heavy atom. The van der Waals surface area contributed by atoms with Gasteiger partial charge in [-0.1, -0.05) is 18.2 Å². The predicted molar refractivity (Wildman–Crippen MR) is 87.9 cm³/mol. The van der Waals surface area contributed by atoms with Crippen molar-refractivity contribution in [3.63, 3.8) is 0 Å². The van der Waals surface area contributed by atoms with Crippen LogP contribution in [0.5, 0.6) is 0 Å². The van der Waals surface area contributed by atoms with Gasteiger partial charge in [0, 0.05) is 18.3 Å². The van der Waals surface area contributed by atoms with Crippen molar-refractivity contribution >= 4 is 23.2 Å². The minimum atomic E-state index is -0.602. The minimum absolute atomic E-state index is 0.130. The molecule has 5 nitrogen and oxygen atoms in total. The molecule has 1 atom stereocenters. The largest absolute Gasteiger partial charge is 0.374 e. The minimum Gasteiger partial charge on any atom is -0.374 e. The van der Waals surface area contributed by atoms with Crippen LogP contribution in [0.3, 0.4) is 0 Å². The zero-order chi connectivity index (χ0) is 16.8. The highest BCUT2D eigenvalue weighted by Crippen LogP contribution is 2.15. The van der Waals surface area contributed by atoms with E-state index in [0.717, 1.165) is 0 Å². The van der Waals surface area contributed by atoms with Crippen LogP contribution in [0.15, 0.2) is 48.5 Å². The molecule has 0 aromatic heterocycles. The summed E-state index contributed by atoms with van der Waals surface area (Å²) in [6.07, 6.45) is 0. The summed E-state index contributed by atoms with van der Waals surface area (Å²) in [5, 5.41) is 8.05. The summed E-state index contributed by atoms with van der Waals surface area (Å²) >= 11 is 0. The number of rotatable bonds is 5. The predicted octanol–water partition coefficient (Wildman–Crippen LogP) is 2.62. The van der Waals surface area contributed by atoms with Gasteiger partial charge in [0.05, 0.1) is 5.69 Å². The number of benzene rings is 2. The van der Waals surface area contributed by atoms with Crippen LogP contribution in [0, 0.1) is 5.82 Å². The number of amides is 2. The summed E-state index contributed by atoms with van der Waals surface area (Å²) in [7, 11) is 1.55. The average molecular weight is 315 g/mol. The van der Waals surface area contributed by atoms with E-state index in [9.17, 15) is 14.0 Å². The molecule has 0 fully saturated rings. The van der Waals surface area contributed by atoms with Crippen molar-refractivity contribution in [2.45, 2.75) is 13.0 Å². The van der Waals surface area contributed by atoms with Gasteiger partial charge in [-0.2, -0.15) is 0 Å². The molecule has 2 rings (SSSR count). The van der Waals surface area contributed by atoms with E-state index in [2.05, 4.69) is 16.0 Å². The van der Waals surface area contributed by atoms with Crippen molar-refractivity contribution < 1.29 is 14.0 Å². The maximum absolute atomic E-state index is 13.5. The number of carbonyl (C=O) groups excluding carboxylic acids is 2. The molecular weight excluding hydrogens is 297 g/mol. The van der Waals surface area contributed by atoms with Gasteiger partial charge in [0.25, 0.3) is 5.91 Å². The van der Waals surface area contributed by atoms with Gasteiger partial charge in [-0.05, 0) is 37.3 Å². The molecule has 0 bridgehead atoms. The third-order valence-electron chi connectivity index (χ3n) is 3.26. The zero-order valence-corrected chi connectivity index (χ0v) is 12.9. The van der Waals surface area contributed by atoms with Gasteiger partial charge in [0.1, 0.15) is 11.9 Å². The van der Waals surface area contributed by atoms with Crippen molar-refractivity contribution in [2.24, 2.45) is 0 Å². The molecule has 3 N–H and O–H groups in total. The molecule has 6 heteroatoms. The maximum atomic E-state index is 13.5. The molecule has 0 saturated heterocycles. The van der Waals surface area contributed by atoms with Gasteiger partial charge in [-0.25, -0.2) is 4.39 Å². The van der Waals surface area contributed by atoms with Crippen LogP contribution in [0.2, 0.25) is 0 Å². The van der Waals surface area contributed by atoms with E-state index in [0.29, 0.717) is 11.3 Å². The zero-order valence-electron chi connectivity index (χ0n) is 12.9. The van der Waals surface area contributed by atoms with Crippen LogP contribution < -0.4 is 16.0 Å². The Bertz CT molecular complexity index is 718. The van der Waals surface area contributed by atoms with Crippen molar-refractivity contribution in [3.05, 3.63) is 59.9 Å². The third-order valence-corrected chi connectivity index (χ3v) is 3.26. The van der Waals surface area contributed by atoms with Crippen LogP contribution in [0.4, 0.5) is 15.8 Å². The molecule has 1 unspecified atom stereocenters. The van der Waals surface area contributed by atoms with E-state index in [1.807, 2.05) is 0 Å². The van der Waals surface area contributed by atoms with Crippen LogP contribution in [0.1, 0.15) is 17.3 Å². The fraction of sp³-hybridized carbons (Fsp3) is 0.176. The highest BCUT2D eigenvalue weighted by atomic mass is 19.1. The van der Waals surface area contributed by atoms with Crippen molar-refractivity contribution in [1.82, 2.24) is 5.32 Å². The summed E-state index contributed by atoms with van der Waals surface area (Å²) in [6.45, 7) is 1.66. The Morgan fingerprint density at radius 1 is 1.09 bits per heavy atom. The number of para-hydroxylation sites is 1. The van der Waals surface area contributed by atoms with Gasteiger partial charge >= 0.3 is 0 Å². The summed E-state index contributed by atoms with van der Waals surface area (Å²) in [5.41, 5.74) is 1.24. The number of nitrogens with one attached hydrogen (secondary N) is 3. The molecule has 0 saturated carbocycles. The number of carbonyl (C=O) groups is 2. The quantitative estimate of drug-likeness (QED) is 0.794. The van der Waals surface area contributed by atoms with Crippen molar-refractivity contribution in [1.29, 1.82) is 0 Å². The second-order valence-corrected chi connectivity index (χ2v) is 5.00. The van der Waals surface area contributed by atoms with E-state index in [4.69, 9.17) is 0 Å². The lowest BCUT2D eigenvalue weighted by Crippen LogP contribution is -2.32. The number of hydrogen-bond acceptors (Lipinski definition) is 3. The van der Waals surface area contributed by atoms with Gasteiger partial charge in [-0.15, -0.1) is 0 Å². The molecule has 0 aliphatic carbocycles. The molecule has 23 heavy (non-hydrogen) atoms. The highest BCUT2D eigenvalue weighted by Gasteiger charge is 2.15. The maximum Gasteiger partial charge on any atom is 0.251 e. The first-order valence-electron chi connectivity index (χ1n) is 7.15. The first-order valence-corrected chi connectivity index (χ1v) is 7.15. The number of anilines is 2. The second-order valence-electron chi connectivity index (χ2n) is 5.00. The third kappa shape index (κ3) is 4.29. The Balaban J connectivity index is 2.04. The molecule has 0 heterocycles. The lowest BCUT2D eigenvalue weighted by molar-refractivity contribution is -0.116. The molecule has 2 aromatic carbocycles. The second kappa shape index (κ2) is 7.40. The SMILES string of the molecule is CNC(=O)c1cccc(NC(C)C(=O)Nc2ccccc2F)c1. The summed E-state index contributed by atoms with van der Waals surface area (Å²) < 4.78 is 13.5. The Kier molecular flexibility index (Phi) is 5.30. The van der Waals surface area contributed by atoms with E-state index in [1.54, 1.807) is 50.4 Å². The fourth-order valence-corrected chi connectivity index (χ4v) is 2.01. The Morgan fingerprint density at radius 3 is 2.52 bits per heavy atom. The Hall–Kier alpha value is -2.89. The summed E-state index contributed by atoms with van der Waals surface area (Å²) in [4.78, 5) is 23.7. The van der Waals surface area contributed by atoms with Crippen LogP contribution in [-0.2, 0) is 4.79 Å². The smallest absolute Gasteiger partial charge is 0.251 e. The van der Waals surface area contributed by atoms with Gasteiger partial charge < -0.3 is 16.0 Å². The first-order chi connectivity index (χ1) is 11.0. The first kappa shape index (κ1) is 16.5. The van der Waals surface area contributed by atoms with E-state index >= 15 is 0 Å². The van der Waals surface area contributed by atoms with E-state index in [-0.39, 0.29) is 17.5 Å². The molecular formula is C17H18FN3O2. The van der Waals surface area contributed by atoms with Crippen LogP contribution >= 0.6 is 0 Å². The van der Waals surface area contributed by atoms with E-state index in [1.165, 1.54) is 12.1 Å². The average Bonchev–Trinajstić information content (AvgIpc) is 2.56. The van der Waals surface area contributed by atoms with Crippen molar-refractivity contribution in [3.8, 4) is 0 Å². The summed E-state index contributed by atoms with van der Waals surface area (Å²) in [5.74, 6) is -1.08. The Labute approximate surface area is 133 Å². The molecule has 0 aliphatic heterocycles. The van der Waals surface area contributed by atoms with Crippen LogP contribution in [0.25, 0.3) is 0 Å². The molecule has 120 valence electrons. The highest BCUT2D eigenvalue weighted by molar-refractivity contribution is 5.97. The molecule has 0 spiro atoms. The van der Waals surface area contributed by atoms with Crippen molar-refractivity contribution in [2.75, 3.05) is 17.7 Å². The van der Waals surface area contributed by atoms with Gasteiger partial charge in [-0.3, -0.25) is 9.59 Å². The van der Waals surface area contributed by atoms with Gasteiger partial charge in [0.2, 0.25) is 5.91 Å². The summed E-state index contributed by atoms with van der Waals surface area (Å²) in [6, 6.07) is 12.1. The molecule has 0 aliphatic rings. The van der Waals surface area contributed by atoms with Gasteiger partial charge in [0.15, 0.2) is 0 Å². The fourth-order valence-electron chi connectivity index (χ4n) is 2.01. The monoisotopic (exact) mass is 315 g/mol. The number of hydrogen-bond donors (Lipinski definition) is 3. The van der Waals surface area contributed by atoms with Crippen LogP contribution in [-0.4, -0.2) is 24.9 Å². The molecule has 2 aromatic rings. The lowest BCUT2D eigenvalue weighted by Gasteiger charge is -2.16. The topological polar surface area (TPSA) is 70.2 Å². The normalized spacial score (nSPS) is 11.4.